The summed E-state index contributed by atoms with van der Waals surface area (Å²) in [5.74, 6) is 0.798. The molecular formula is C32H30AlN2O4. The number of aryl methyl sites for hydroxylation is 2. The van der Waals surface area contributed by atoms with Crippen molar-refractivity contribution in [2.45, 2.75) is 13.8 Å². The van der Waals surface area contributed by atoms with Crippen molar-refractivity contribution in [3.05, 3.63) is 127 Å². The minimum atomic E-state index is 0. The van der Waals surface area contributed by atoms with E-state index < -0.39 is 0 Å². The van der Waals surface area contributed by atoms with Crippen molar-refractivity contribution in [2.75, 3.05) is 0 Å². The second kappa shape index (κ2) is 14.5. The van der Waals surface area contributed by atoms with Gasteiger partial charge in [-0.25, -0.2) is 9.97 Å². The molecule has 3 radical (unpaired) electrons. The Hall–Kier alpha value is -4.41. The van der Waals surface area contributed by atoms with E-state index in [9.17, 15) is 10.2 Å². The lowest BCUT2D eigenvalue weighted by molar-refractivity contribution is 0.475. The minimum absolute atomic E-state index is 0. The normalized spacial score (nSPS) is 9.69. The van der Waals surface area contributed by atoms with Crippen LogP contribution in [0.5, 0.6) is 17.2 Å². The average Bonchev–Trinajstić information content (AvgIpc) is 2.91. The number of nitrogens with zero attached hydrogens (tertiary/aromatic N) is 2. The fourth-order valence-electron chi connectivity index (χ4n) is 3.74. The first kappa shape index (κ1) is 30.8. The van der Waals surface area contributed by atoms with Gasteiger partial charge in [0.25, 0.3) is 0 Å². The molecule has 0 saturated heterocycles. The van der Waals surface area contributed by atoms with Crippen LogP contribution in [-0.4, -0.2) is 48.1 Å². The van der Waals surface area contributed by atoms with E-state index in [0.717, 1.165) is 27.7 Å². The Balaban J connectivity index is 0.000000200. The molecule has 0 bridgehead atoms. The summed E-state index contributed by atoms with van der Waals surface area (Å²) in [4.78, 5) is 8.45. The van der Waals surface area contributed by atoms with E-state index in [1.807, 2.05) is 105 Å². The SMILES string of the molecule is Cc1ccc2cccc(O)c2n1.Cc1ccc2cccc(O)c2n1.O.Oc1ccc(-c2ccccc2)cc1.[Al]. The van der Waals surface area contributed by atoms with Crippen LogP contribution >= 0.6 is 0 Å². The third-order valence-electron chi connectivity index (χ3n) is 5.65. The van der Waals surface area contributed by atoms with Crippen molar-refractivity contribution in [3.63, 3.8) is 0 Å². The van der Waals surface area contributed by atoms with Crippen LogP contribution in [0.15, 0.2) is 115 Å². The number of para-hydroxylation sites is 2. The van der Waals surface area contributed by atoms with E-state index in [1.54, 1.807) is 24.3 Å². The van der Waals surface area contributed by atoms with Gasteiger partial charge in [0, 0.05) is 39.5 Å². The van der Waals surface area contributed by atoms with E-state index in [1.165, 1.54) is 5.56 Å². The molecule has 0 atom stereocenters. The van der Waals surface area contributed by atoms with Gasteiger partial charge in [0.15, 0.2) is 0 Å². The maximum absolute atomic E-state index is 9.43. The van der Waals surface area contributed by atoms with Crippen LogP contribution in [-0.2, 0) is 0 Å². The Morgan fingerprint density at radius 3 is 1.36 bits per heavy atom. The monoisotopic (exact) mass is 533 g/mol. The standard InChI is InChI=1S/C12H10O.2C10H9NO.Al.H2O/c13-12-8-6-11(7-9-12)10-4-2-1-3-5-10;2*1-7-5-6-8-3-2-4-9(12)10(8)11-7;;/h1-9,13H;2*2-6,12H,1H3;;1H2. The van der Waals surface area contributed by atoms with Crippen LogP contribution in [0.2, 0.25) is 0 Å². The fourth-order valence-corrected chi connectivity index (χ4v) is 3.74. The third-order valence-corrected chi connectivity index (χ3v) is 5.65. The van der Waals surface area contributed by atoms with Crippen LogP contribution in [0.4, 0.5) is 0 Å². The molecule has 0 amide bonds. The minimum Gasteiger partial charge on any atom is -0.508 e. The highest BCUT2D eigenvalue weighted by molar-refractivity contribution is 5.84. The lowest BCUT2D eigenvalue weighted by Gasteiger charge is -2.00. The molecule has 39 heavy (non-hydrogen) atoms. The molecule has 6 nitrogen and oxygen atoms in total. The predicted octanol–water partition coefficient (Wildman–Crippen LogP) is 6.35. The Labute approximate surface area is 238 Å². The smallest absolute Gasteiger partial charge is 0.141 e. The number of phenolic OH excluding ortho intramolecular Hbond substituents is 3. The van der Waals surface area contributed by atoms with Gasteiger partial charge in [-0.3, -0.25) is 0 Å². The molecule has 0 fully saturated rings. The van der Waals surface area contributed by atoms with Crippen molar-refractivity contribution < 1.29 is 20.8 Å². The van der Waals surface area contributed by atoms with Crippen LogP contribution in [0.3, 0.4) is 0 Å². The number of pyridine rings is 2. The first-order chi connectivity index (χ1) is 17.9. The Bertz CT molecular complexity index is 1540. The van der Waals surface area contributed by atoms with Crippen molar-refractivity contribution in [1.82, 2.24) is 9.97 Å². The van der Waals surface area contributed by atoms with Crippen molar-refractivity contribution in [2.24, 2.45) is 0 Å². The van der Waals surface area contributed by atoms with Gasteiger partial charge < -0.3 is 20.8 Å². The highest BCUT2D eigenvalue weighted by atomic mass is 27.0. The highest BCUT2D eigenvalue weighted by Crippen LogP contribution is 2.23. The summed E-state index contributed by atoms with van der Waals surface area (Å²) in [5.41, 5.74) is 5.49. The molecule has 0 saturated carbocycles. The molecule has 5 N–H and O–H groups in total. The molecular weight excluding hydrogens is 503 g/mol. The quantitative estimate of drug-likeness (QED) is 0.213. The van der Waals surface area contributed by atoms with Crippen LogP contribution in [0.25, 0.3) is 32.9 Å². The largest absolute Gasteiger partial charge is 0.508 e. The van der Waals surface area contributed by atoms with Gasteiger partial charge in [0.2, 0.25) is 0 Å². The van der Waals surface area contributed by atoms with E-state index in [0.29, 0.717) is 16.8 Å². The number of aromatic nitrogens is 2. The summed E-state index contributed by atoms with van der Waals surface area (Å²) < 4.78 is 0. The van der Waals surface area contributed by atoms with Gasteiger partial charge in [-0.15, -0.1) is 0 Å². The van der Waals surface area contributed by atoms with E-state index in [2.05, 4.69) is 9.97 Å². The molecule has 2 aromatic heterocycles. The summed E-state index contributed by atoms with van der Waals surface area (Å²) in [6.07, 6.45) is 0. The number of rotatable bonds is 1. The molecule has 0 aliphatic rings. The summed E-state index contributed by atoms with van der Waals surface area (Å²) in [6.45, 7) is 3.82. The molecule has 6 aromatic rings. The number of aromatic hydroxyl groups is 3. The molecule has 0 spiro atoms. The van der Waals surface area contributed by atoms with Gasteiger partial charge in [-0.05, 0) is 61.4 Å². The first-order valence-corrected chi connectivity index (χ1v) is 11.9. The zero-order valence-electron chi connectivity index (χ0n) is 21.8. The number of hydrogen-bond acceptors (Lipinski definition) is 5. The third kappa shape index (κ3) is 8.29. The molecule has 2 heterocycles. The van der Waals surface area contributed by atoms with E-state index in [4.69, 9.17) is 5.11 Å². The summed E-state index contributed by atoms with van der Waals surface area (Å²) in [5, 5.41) is 29.9. The van der Waals surface area contributed by atoms with Gasteiger partial charge in [0.05, 0.1) is 0 Å². The van der Waals surface area contributed by atoms with E-state index in [-0.39, 0.29) is 34.3 Å². The highest BCUT2D eigenvalue weighted by Gasteiger charge is 2.00. The summed E-state index contributed by atoms with van der Waals surface area (Å²) >= 11 is 0. The molecule has 0 unspecified atom stereocenters. The lowest BCUT2D eigenvalue weighted by Crippen LogP contribution is -1.82. The molecule has 195 valence electrons. The van der Waals surface area contributed by atoms with Crippen LogP contribution in [0, 0.1) is 13.8 Å². The number of benzene rings is 4. The maximum Gasteiger partial charge on any atom is 0.141 e. The maximum atomic E-state index is 9.43. The fraction of sp³-hybridized carbons (Fsp3) is 0.0625. The molecule has 6 rings (SSSR count). The Kier molecular flexibility index (Phi) is 11.5. The van der Waals surface area contributed by atoms with Gasteiger partial charge in [0.1, 0.15) is 28.3 Å². The average molecular weight is 534 g/mol. The molecule has 7 heteroatoms. The van der Waals surface area contributed by atoms with Gasteiger partial charge in [-0.2, -0.15) is 0 Å². The van der Waals surface area contributed by atoms with E-state index >= 15 is 0 Å². The topological polar surface area (TPSA) is 118 Å². The number of hydrogen-bond donors (Lipinski definition) is 3. The number of phenols is 3. The van der Waals surface area contributed by atoms with Crippen LogP contribution in [0.1, 0.15) is 11.4 Å². The van der Waals surface area contributed by atoms with Crippen molar-refractivity contribution in [1.29, 1.82) is 0 Å². The predicted molar refractivity (Wildman–Crippen MR) is 159 cm³/mol. The second-order valence-corrected chi connectivity index (χ2v) is 8.52. The van der Waals surface area contributed by atoms with Crippen LogP contribution < -0.4 is 0 Å². The molecule has 0 aliphatic carbocycles. The Morgan fingerprint density at radius 2 is 0.897 bits per heavy atom. The van der Waals surface area contributed by atoms with Crippen molar-refractivity contribution >= 4 is 39.2 Å². The zero-order chi connectivity index (χ0) is 26.2. The summed E-state index contributed by atoms with van der Waals surface area (Å²) in [6, 6.07) is 35.9. The Morgan fingerprint density at radius 1 is 0.462 bits per heavy atom. The first-order valence-electron chi connectivity index (χ1n) is 11.9. The molecule has 0 aliphatic heterocycles. The lowest BCUT2D eigenvalue weighted by atomic mass is 10.1. The van der Waals surface area contributed by atoms with Crippen molar-refractivity contribution in [3.8, 4) is 28.4 Å². The summed E-state index contributed by atoms with van der Waals surface area (Å²) in [7, 11) is 0. The van der Waals surface area contributed by atoms with Gasteiger partial charge in [-0.1, -0.05) is 78.9 Å². The molecule has 4 aromatic carbocycles. The zero-order valence-corrected chi connectivity index (χ0v) is 22.9. The second-order valence-electron chi connectivity index (χ2n) is 8.52. The van der Waals surface area contributed by atoms with Gasteiger partial charge >= 0.3 is 0 Å². The number of fused-ring (bicyclic) bond motifs is 2.